The molecule has 1 N–H and O–H groups in total. The molecule has 3 aromatic rings. The normalized spacial score (nSPS) is 17.2. The van der Waals surface area contributed by atoms with Gasteiger partial charge in [0.2, 0.25) is 0 Å². The molecule has 1 aliphatic heterocycles. The number of ketones is 1. The Balaban J connectivity index is 1.92. The van der Waals surface area contributed by atoms with Crippen LogP contribution in [0.25, 0.3) is 5.76 Å². The lowest BCUT2D eigenvalue weighted by molar-refractivity contribution is -0.132. The van der Waals surface area contributed by atoms with Gasteiger partial charge in [-0.25, -0.2) is 9.78 Å². The fourth-order valence-electron chi connectivity index (χ4n) is 3.83. The zero-order valence-corrected chi connectivity index (χ0v) is 19.7. The lowest BCUT2D eigenvalue weighted by Gasteiger charge is -2.22. The van der Waals surface area contributed by atoms with Gasteiger partial charge in [-0.05, 0) is 49.2 Å². The summed E-state index contributed by atoms with van der Waals surface area (Å²) in [7, 11) is 2.79. The summed E-state index contributed by atoms with van der Waals surface area (Å²) in [4.78, 5) is 48.4. The van der Waals surface area contributed by atoms with Crippen LogP contribution in [0.1, 0.15) is 38.1 Å². The van der Waals surface area contributed by atoms with E-state index >= 15 is 0 Å². The van der Waals surface area contributed by atoms with Crippen molar-refractivity contribution in [2.45, 2.75) is 19.9 Å². The molecule has 0 bridgehead atoms. The maximum Gasteiger partial charge on any atom is 0.350 e. The largest absolute Gasteiger partial charge is 0.507 e. The summed E-state index contributed by atoms with van der Waals surface area (Å²) >= 11 is 0.937. The van der Waals surface area contributed by atoms with Crippen LogP contribution >= 0.6 is 11.3 Å². The lowest BCUT2D eigenvalue weighted by Crippen LogP contribution is -2.29. The first kappa shape index (κ1) is 23.1. The van der Waals surface area contributed by atoms with E-state index in [1.54, 1.807) is 50.4 Å². The minimum atomic E-state index is -0.993. The van der Waals surface area contributed by atoms with Crippen LogP contribution in [0.5, 0.6) is 5.75 Å². The highest BCUT2D eigenvalue weighted by Gasteiger charge is 2.48. The highest BCUT2D eigenvalue weighted by atomic mass is 32.1. The fourth-order valence-corrected chi connectivity index (χ4v) is 4.84. The zero-order chi connectivity index (χ0) is 24.6. The summed E-state index contributed by atoms with van der Waals surface area (Å²) in [5.74, 6) is -2.04. The number of pyridine rings is 1. The molecule has 174 valence electrons. The number of benzene rings is 1. The van der Waals surface area contributed by atoms with Crippen LogP contribution in [0.3, 0.4) is 0 Å². The number of rotatable bonds is 5. The van der Waals surface area contributed by atoms with Crippen molar-refractivity contribution in [3.8, 4) is 5.75 Å². The molecule has 1 aliphatic rings. The van der Waals surface area contributed by atoms with Gasteiger partial charge in [-0.3, -0.25) is 19.5 Å². The van der Waals surface area contributed by atoms with Crippen LogP contribution in [0.4, 0.5) is 5.13 Å². The number of hydrogen-bond donors (Lipinski definition) is 1. The van der Waals surface area contributed by atoms with Crippen molar-refractivity contribution in [3.63, 3.8) is 0 Å². The van der Waals surface area contributed by atoms with Crippen molar-refractivity contribution in [2.24, 2.45) is 0 Å². The van der Waals surface area contributed by atoms with E-state index in [0.717, 1.165) is 16.9 Å². The summed E-state index contributed by atoms with van der Waals surface area (Å²) in [5, 5.41) is 11.3. The van der Waals surface area contributed by atoms with Gasteiger partial charge in [0.1, 0.15) is 16.4 Å². The Bertz CT molecular complexity index is 1330. The summed E-state index contributed by atoms with van der Waals surface area (Å²) < 4.78 is 10.1. The Morgan fingerprint density at radius 1 is 1.18 bits per heavy atom. The van der Waals surface area contributed by atoms with E-state index in [4.69, 9.17) is 9.47 Å². The summed E-state index contributed by atoms with van der Waals surface area (Å²) in [5.41, 5.74) is 1.87. The number of methoxy groups -OCH3 is 2. The molecule has 1 fully saturated rings. The number of amides is 1. The first-order chi connectivity index (χ1) is 16.3. The average molecular weight is 480 g/mol. The minimum Gasteiger partial charge on any atom is -0.507 e. The molecular weight excluding hydrogens is 458 g/mol. The Hall–Kier alpha value is -4.05. The number of carbonyl (C=O) groups excluding carboxylic acids is 3. The van der Waals surface area contributed by atoms with E-state index in [0.29, 0.717) is 22.6 Å². The number of esters is 1. The first-order valence-corrected chi connectivity index (χ1v) is 11.0. The number of hydrogen-bond acceptors (Lipinski definition) is 9. The second-order valence-corrected chi connectivity index (χ2v) is 8.52. The van der Waals surface area contributed by atoms with Crippen LogP contribution < -0.4 is 9.64 Å². The number of thiazole rings is 1. The standard InChI is InChI=1S/C24H21N3O6S/c1-12-10-14(7-8-16(12)32-3)19(28)17-18(15-6-5-9-25-11-15)27(22(30)20(17)29)24-26-13(2)21(34-24)23(31)33-4/h5-11,18,28H,1-4H3/b19-17+. The monoisotopic (exact) mass is 479 g/mol. The quantitative estimate of drug-likeness (QED) is 0.255. The fraction of sp³-hybridized carbons (Fsp3) is 0.208. The van der Waals surface area contributed by atoms with Crippen LogP contribution in [0.15, 0.2) is 48.3 Å². The molecule has 0 radical (unpaired) electrons. The first-order valence-electron chi connectivity index (χ1n) is 10.2. The van der Waals surface area contributed by atoms with Crippen molar-refractivity contribution >= 4 is 39.9 Å². The lowest BCUT2D eigenvalue weighted by atomic mass is 9.96. The van der Waals surface area contributed by atoms with Crippen LogP contribution in [0.2, 0.25) is 0 Å². The van der Waals surface area contributed by atoms with Gasteiger partial charge in [0.25, 0.3) is 5.78 Å². The predicted molar refractivity (Wildman–Crippen MR) is 125 cm³/mol. The molecule has 10 heteroatoms. The number of anilines is 1. The van der Waals surface area contributed by atoms with Gasteiger partial charge in [0, 0.05) is 18.0 Å². The van der Waals surface area contributed by atoms with E-state index in [2.05, 4.69) is 9.97 Å². The molecule has 9 nitrogen and oxygen atoms in total. The molecule has 4 rings (SSSR count). The Labute approximate surface area is 199 Å². The number of nitrogens with zero attached hydrogens (tertiary/aromatic N) is 3. The van der Waals surface area contributed by atoms with Crippen molar-refractivity contribution < 1.29 is 29.0 Å². The molecule has 3 heterocycles. The van der Waals surface area contributed by atoms with E-state index < -0.39 is 23.7 Å². The molecule has 1 atom stereocenters. The highest BCUT2D eigenvalue weighted by molar-refractivity contribution is 7.17. The number of Topliss-reactive ketones (excluding diaryl/α,β-unsaturated/α-hetero) is 1. The third-order valence-corrected chi connectivity index (χ3v) is 6.61. The Kier molecular flexibility index (Phi) is 6.16. The maximum atomic E-state index is 13.2. The summed E-state index contributed by atoms with van der Waals surface area (Å²) in [6.45, 7) is 3.42. The molecule has 0 aliphatic carbocycles. The van der Waals surface area contributed by atoms with E-state index in [9.17, 15) is 19.5 Å². The Morgan fingerprint density at radius 3 is 2.56 bits per heavy atom. The highest BCUT2D eigenvalue weighted by Crippen LogP contribution is 2.44. The molecular formula is C24H21N3O6S. The molecule has 34 heavy (non-hydrogen) atoms. The van der Waals surface area contributed by atoms with Crippen molar-refractivity contribution in [1.82, 2.24) is 9.97 Å². The molecule has 1 saturated heterocycles. The van der Waals surface area contributed by atoms with Crippen molar-refractivity contribution in [2.75, 3.05) is 19.1 Å². The molecule has 0 spiro atoms. The van der Waals surface area contributed by atoms with Gasteiger partial charge in [-0.15, -0.1) is 0 Å². The predicted octanol–water partition coefficient (Wildman–Crippen LogP) is 3.58. The third kappa shape index (κ3) is 3.81. The molecule has 1 aromatic carbocycles. The number of ether oxygens (including phenoxy) is 2. The smallest absolute Gasteiger partial charge is 0.350 e. The number of aromatic nitrogens is 2. The van der Waals surface area contributed by atoms with Crippen molar-refractivity contribution in [3.05, 3.63) is 75.6 Å². The van der Waals surface area contributed by atoms with Gasteiger partial charge >= 0.3 is 11.9 Å². The third-order valence-electron chi connectivity index (χ3n) is 5.48. The molecule has 1 unspecified atom stereocenters. The molecule has 0 saturated carbocycles. The summed E-state index contributed by atoms with van der Waals surface area (Å²) in [6, 6.07) is 7.33. The maximum absolute atomic E-state index is 13.2. The second kappa shape index (κ2) is 9.06. The molecule has 1 amide bonds. The Morgan fingerprint density at radius 2 is 1.94 bits per heavy atom. The number of carbonyl (C=O) groups is 3. The van der Waals surface area contributed by atoms with Crippen LogP contribution in [-0.4, -0.2) is 47.0 Å². The minimum absolute atomic E-state index is 0.102. The van der Waals surface area contributed by atoms with Gasteiger partial charge in [0.05, 0.1) is 31.5 Å². The SMILES string of the molecule is COC(=O)c1sc(N2C(=O)C(=O)/C(=C(/O)c3ccc(OC)c(C)c3)C2c2cccnc2)nc1C. The summed E-state index contributed by atoms with van der Waals surface area (Å²) in [6.07, 6.45) is 3.07. The van der Waals surface area contributed by atoms with E-state index in [-0.39, 0.29) is 21.3 Å². The van der Waals surface area contributed by atoms with Gasteiger partial charge in [-0.1, -0.05) is 17.4 Å². The average Bonchev–Trinajstić information content (AvgIpc) is 3.35. The number of aryl methyl sites for hydroxylation is 2. The van der Waals surface area contributed by atoms with Crippen LogP contribution in [-0.2, 0) is 14.3 Å². The van der Waals surface area contributed by atoms with E-state index in [1.807, 2.05) is 0 Å². The van der Waals surface area contributed by atoms with Gasteiger partial charge < -0.3 is 14.6 Å². The van der Waals surface area contributed by atoms with Crippen LogP contribution in [0, 0.1) is 13.8 Å². The second-order valence-electron chi connectivity index (χ2n) is 7.54. The zero-order valence-electron chi connectivity index (χ0n) is 18.9. The van der Waals surface area contributed by atoms with Gasteiger partial charge in [-0.2, -0.15) is 0 Å². The van der Waals surface area contributed by atoms with Gasteiger partial charge in [0.15, 0.2) is 5.13 Å². The van der Waals surface area contributed by atoms with Crippen molar-refractivity contribution in [1.29, 1.82) is 0 Å². The topological polar surface area (TPSA) is 119 Å². The van der Waals surface area contributed by atoms with E-state index in [1.165, 1.54) is 25.3 Å². The number of aliphatic hydroxyl groups is 1. The number of aliphatic hydroxyl groups excluding tert-OH is 1. The molecule has 2 aromatic heterocycles.